The highest BCUT2D eigenvalue weighted by molar-refractivity contribution is 6.32. The van der Waals surface area contributed by atoms with Crippen molar-refractivity contribution in [3.05, 3.63) is 35.6 Å². The number of nitrogens with two attached hydrogens (primary N) is 1. The van der Waals surface area contributed by atoms with Gasteiger partial charge in [0, 0.05) is 18.3 Å². The molecular formula is C13H14ClF2N3O. The molecule has 1 heterocycles. The Morgan fingerprint density at radius 2 is 2.15 bits per heavy atom. The Morgan fingerprint density at radius 1 is 1.35 bits per heavy atom. The first-order chi connectivity index (χ1) is 9.60. The fourth-order valence-corrected chi connectivity index (χ4v) is 1.95. The van der Waals surface area contributed by atoms with Gasteiger partial charge in [-0.3, -0.25) is 4.68 Å². The monoisotopic (exact) mass is 301 g/mol. The largest absolute Gasteiger partial charge is 0.486 e. The molecule has 0 saturated heterocycles. The molecule has 0 fully saturated rings. The van der Waals surface area contributed by atoms with Crippen LogP contribution in [-0.4, -0.2) is 29.4 Å². The van der Waals surface area contributed by atoms with Gasteiger partial charge < -0.3 is 10.5 Å². The lowest BCUT2D eigenvalue weighted by Gasteiger charge is -2.08. The smallest absolute Gasteiger partial charge is 0.272 e. The molecule has 7 heteroatoms. The predicted octanol–water partition coefficient (Wildman–Crippen LogP) is 2.81. The molecule has 0 radical (unpaired) electrons. The van der Waals surface area contributed by atoms with E-state index in [-0.39, 0.29) is 10.8 Å². The summed E-state index contributed by atoms with van der Waals surface area (Å²) in [6.07, 6.45) is 1.01. The van der Waals surface area contributed by atoms with Gasteiger partial charge in [-0.2, -0.15) is 5.10 Å². The second kappa shape index (κ2) is 6.67. The highest BCUT2D eigenvalue weighted by Crippen LogP contribution is 2.30. The van der Waals surface area contributed by atoms with Crippen LogP contribution in [0.15, 0.2) is 30.6 Å². The zero-order valence-electron chi connectivity index (χ0n) is 10.6. The molecule has 0 bridgehead atoms. The third kappa shape index (κ3) is 3.68. The minimum Gasteiger partial charge on any atom is -0.486 e. The van der Waals surface area contributed by atoms with Gasteiger partial charge in [-0.1, -0.05) is 17.7 Å². The van der Waals surface area contributed by atoms with Crippen LogP contribution >= 0.6 is 11.6 Å². The standard InChI is InChI=1S/C13H14ClF2N3O/c14-11-5-9(1-2-12(11)20-8-13(15)16)10-6-18-19(7-10)4-3-17/h1-2,5-7,13H,3-4,8,17H2. The lowest BCUT2D eigenvalue weighted by molar-refractivity contribution is 0.0819. The van der Waals surface area contributed by atoms with Crippen LogP contribution in [0, 0.1) is 0 Å². The number of aromatic nitrogens is 2. The van der Waals surface area contributed by atoms with E-state index in [1.807, 2.05) is 6.20 Å². The summed E-state index contributed by atoms with van der Waals surface area (Å²) in [7, 11) is 0. The molecule has 0 aliphatic rings. The normalized spacial score (nSPS) is 11.1. The van der Waals surface area contributed by atoms with E-state index in [9.17, 15) is 8.78 Å². The molecule has 2 rings (SSSR count). The average molecular weight is 302 g/mol. The van der Waals surface area contributed by atoms with Crippen molar-refractivity contribution in [3.8, 4) is 16.9 Å². The maximum absolute atomic E-state index is 12.1. The lowest BCUT2D eigenvalue weighted by atomic mass is 10.1. The Bertz CT molecular complexity index is 574. The van der Waals surface area contributed by atoms with Gasteiger partial charge in [-0.05, 0) is 17.7 Å². The maximum Gasteiger partial charge on any atom is 0.272 e. The van der Waals surface area contributed by atoms with E-state index in [0.29, 0.717) is 13.1 Å². The van der Waals surface area contributed by atoms with Crippen molar-refractivity contribution in [1.29, 1.82) is 0 Å². The van der Waals surface area contributed by atoms with Crippen molar-refractivity contribution in [2.45, 2.75) is 13.0 Å². The third-order valence-electron chi connectivity index (χ3n) is 2.62. The van der Waals surface area contributed by atoms with E-state index < -0.39 is 13.0 Å². The van der Waals surface area contributed by atoms with Crippen LogP contribution in [-0.2, 0) is 6.54 Å². The van der Waals surface area contributed by atoms with Crippen molar-refractivity contribution in [3.63, 3.8) is 0 Å². The summed E-state index contributed by atoms with van der Waals surface area (Å²) >= 11 is 6.01. The zero-order valence-corrected chi connectivity index (χ0v) is 11.4. The minimum atomic E-state index is -2.53. The number of hydrogen-bond donors (Lipinski definition) is 1. The van der Waals surface area contributed by atoms with Crippen molar-refractivity contribution in [2.75, 3.05) is 13.2 Å². The molecule has 0 aliphatic carbocycles. The fraction of sp³-hybridized carbons (Fsp3) is 0.308. The molecule has 108 valence electrons. The van der Waals surface area contributed by atoms with E-state index in [1.165, 1.54) is 0 Å². The summed E-state index contributed by atoms with van der Waals surface area (Å²) in [5.41, 5.74) is 7.16. The van der Waals surface area contributed by atoms with Crippen LogP contribution < -0.4 is 10.5 Å². The Balaban J connectivity index is 2.14. The molecule has 4 nitrogen and oxygen atoms in total. The van der Waals surface area contributed by atoms with Crippen LogP contribution in [0.25, 0.3) is 11.1 Å². The second-order valence-corrected chi connectivity index (χ2v) is 4.54. The molecule has 0 amide bonds. The molecule has 2 aromatic rings. The third-order valence-corrected chi connectivity index (χ3v) is 2.92. The first kappa shape index (κ1) is 14.7. The van der Waals surface area contributed by atoms with Crippen LogP contribution in [0.3, 0.4) is 0 Å². The minimum absolute atomic E-state index is 0.241. The number of hydrogen-bond acceptors (Lipinski definition) is 3. The van der Waals surface area contributed by atoms with Crippen LogP contribution in [0.1, 0.15) is 0 Å². The molecular weight excluding hydrogens is 288 g/mol. The van der Waals surface area contributed by atoms with Gasteiger partial charge in [-0.25, -0.2) is 8.78 Å². The van der Waals surface area contributed by atoms with Crippen LogP contribution in [0.4, 0.5) is 8.78 Å². The van der Waals surface area contributed by atoms with Gasteiger partial charge in [0.2, 0.25) is 0 Å². The van der Waals surface area contributed by atoms with Gasteiger partial charge in [0.05, 0.1) is 17.8 Å². The Labute approximate surface area is 120 Å². The van der Waals surface area contributed by atoms with E-state index in [1.54, 1.807) is 29.1 Å². The van der Waals surface area contributed by atoms with Crippen molar-refractivity contribution in [1.82, 2.24) is 9.78 Å². The van der Waals surface area contributed by atoms with E-state index >= 15 is 0 Å². The van der Waals surface area contributed by atoms with Crippen molar-refractivity contribution in [2.24, 2.45) is 5.73 Å². The Hall–Kier alpha value is -1.66. The van der Waals surface area contributed by atoms with Crippen LogP contribution in [0.2, 0.25) is 5.02 Å². The molecule has 0 aliphatic heterocycles. The molecule has 1 aromatic heterocycles. The Kier molecular flexibility index (Phi) is 4.92. The molecule has 0 saturated carbocycles. The van der Waals surface area contributed by atoms with E-state index in [2.05, 4.69) is 5.10 Å². The summed E-state index contributed by atoms with van der Waals surface area (Å²) < 4.78 is 30.8. The predicted molar refractivity (Wildman–Crippen MR) is 73.2 cm³/mol. The number of halogens is 3. The topological polar surface area (TPSA) is 53.1 Å². The van der Waals surface area contributed by atoms with Gasteiger partial charge >= 0.3 is 0 Å². The Morgan fingerprint density at radius 3 is 2.80 bits per heavy atom. The first-order valence-electron chi connectivity index (χ1n) is 6.03. The number of benzene rings is 1. The summed E-state index contributed by atoms with van der Waals surface area (Å²) in [6, 6.07) is 4.98. The van der Waals surface area contributed by atoms with Gasteiger partial charge in [-0.15, -0.1) is 0 Å². The SMILES string of the molecule is NCCn1cc(-c2ccc(OCC(F)F)c(Cl)c2)cn1. The first-order valence-corrected chi connectivity index (χ1v) is 6.41. The number of rotatable bonds is 6. The molecule has 20 heavy (non-hydrogen) atoms. The summed E-state index contributed by atoms with van der Waals surface area (Å²) in [6.45, 7) is 0.457. The lowest BCUT2D eigenvalue weighted by Crippen LogP contribution is -2.09. The number of alkyl halides is 2. The molecule has 0 spiro atoms. The molecule has 2 N–H and O–H groups in total. The quantitative estimate of drug-likeness (QED) is 0.892. The maximum atomic E-state index is 12.1. The number of ether oxygens (including phenoxy) is 1. The zero-order chi connectivity index (χ0) is 14.5. The molecule has 0 unspecified atom stereocenters. The highest BCUT2D eigenvalue weighted by atomic mass is 35.5. The average Bonchev–Trinajstić information content (AvgIpc) is 2.86. The van der Waals surface area contributed by atoms with Gasteiger partial charge in [0.1, 0.15) is 12.4 Å². The molecule has 1 aromatic carbocycles. The number of nitrogens with zero attached hydrogens (tertiary/aromatic N) is 2. The van der Waals surface area contributed by atoms with Crippen molar-refractivity contribution < 1.29 is 13.5 Å². The summed E-state index contributed by atoms with van der Waals surface area (Å²) in [5.74, 6) is 0.241. The second-order valence-electron chi connectivity index (χ2n) is 4.13. The van der Waals surface area contributed by atoms with E-state index in [4.69, 9.17) is 22.1 Å². The molecule has 0 atom stereocenters. The fourth-order valence-electron chi connectivity index (χ4n) is 1.72. The van der Waals surface area contributed by atoms with Gasteiger partial charge in [0.25, 0.3) is 6.43 Å². The van der Waals surface area contributed by atoms with Crippen molar-refractivity contribution >= 4 is 11.6 Å². The summed E-state index contributed by atoms with van der Waals surface area (Å²) in [5, 5.41) is 4.44. The summed E-state index contributed by atoms with van der Waals surface area (Å²) in [4.78, 5) is 0. The van der Waals surface area contributed by atoms with Crippen LogP contribution in [0.5, 0.6) is 5.75 Å². The van der Waals surface area contributed by atoms with E-state index in [0.717, 1.165) is 11.1 Å². The van der Waals surface area contributed by atoms with Gasteiger partial charge in [0.15, 0.2) is 0 Å². The highest BCUT2D eigenvalue weighted by Gasteiger charge is 2.09.